The van der Waals surface area contributed by atoms with Crippen molar-refractivity contribution >= 4 is 17.5 Å². The summed E-state index contributed by atoms with van der Waals surface area (Å²) in [7, 11) is 0. The molecule has 1 saturated heterocycles. The minimum Gasteiger partial charge on any atom is -0.380 e. The first-order valence-corrected chi connectivity index (χ1v) is 7.18. The van der Waals surface area contributed by atoms with Crippen molar-refractivity contribution in [2.75, 3.05) is 25.6 Å². The first-order chi connectivity index (χ1) is 8.57. The van der Waals surface area contributed by atoms with E-state index >= 15 is 0 Å². The maximum absolute atomic E-state index is 12.0. The topological polar surface area (TPSA) is 47.6 Å². The van der Waals surface area contributed by atoms with Crippen molar-refractivity contribution in [2.24, 2.45) is 11.8 Å². The second kappa shape index (κ2) is 7.97. The quantitative estimate of drug-likeness (QED) is 0.570. The number of hydrogen-bond donors (Lipinski definition) is 1. The van der Waals surface area contributed by atoms with Gasteiger partial charge in [0, 0.05) is 19.0 Å². The highest BCUT2D eigenvalue weighted by Gasteiger charge is 2.41. The number of halogens is 1. The summed E-state index contributed by atoms with van der Waals surface area (Å²) in [5.41, 5.74) is 0. The van der Waals surface area contributed by atoms with Crippen LogP contribution in [0.4, 0.5) is 0 Å². The highest BCUT2D eigenvalue weighted by molar-refractivity contribution is 6.17. The fourth-order valence-corrected chi connectivity index (χ4v) is 2.49. The summed E-state index contributed by atoms with van der Waals surface area (Å²) in [5, 5.41) is 2.95. The molecular formula is C13H24ClNO3. The average molecular weight is 278 g/mol. The van der Waals surface area contributed by atoms with Crippen molar-refractivity contribution < 1.29 is 14.3 Å². The summed E-state index contributed by atoms with van der Waals surface area (Å²) in [6.45, 7) is 7.91. The monoisotopic (exact) mass is 277 g/mol. The van der Waals surface area contributed by atoms with E-state index < -0.39 is 0 Å². The zero-order valence-electron chi connectivity index (χ0n) is 11.4. The van der Waals surface area contributed by atoms with Crippen LogP contribution in [0.15, 0.2) is 0 Å². The lowest BCUT2D eigenvalue weighted by molar-refractivity contribution is -0.127. The van der Waals surface area contributed by atoms with Gasteiger partial charge >= 0.3 is 0 Å². The molecular weight excluding hydrogens is 254 g/mol. The van der Waals surface area contributed by atoms with E-state index in [1.807, 2.05) is 13.8 Å². The van der Waals surface area contributed by atoms with Crippen molar-refractivity contribution in [3.05, 3.63) is 0 Å². The number of rotatable bonds is 7. The highest BCUT2D eigenvalue weighted by atomic mass is 35.5. The van der Waals surface area contributed by atoms with Gasteiger partial charge < -0.3 is 14.8 Å². The van der Waals surface area contributed by atoms with Gasteiger partial charge in [0.15, 0.2) is 0 Å². The Bertz CT molecular complexity index is 263. The predicted octanol–water partition coefficient (Wildman–Crippen LogP) is 1.81. The van der Waals surface area contributed by atoms with Crippen LogP contribution < -0.4 is 5.32 Å². The predicted molar refractivity (Wildman–Crippen MR) is 71.8 cm³/mol. The van der Waals surface area contributed by atoms with E-state index in [9.17, 15) is 4.79 Å². The second-order valence-electron chi connectivity index (χ2n) is 4.88. The molecule has 18 heavy (non-hydrogen) atoms. The van der Waals surface area contributed by atoms with Gasteiger partial charge in [-0.2, -0.15) is 0 Å². The van der Waals surface area contributed by atoms with Gasteiger partial charge in [0.25, 0.3) is 0 Å². The van der Waals surface area contributed by atoms with Crippen LogP contribution >= 0.6 is 11.6 Å². The van der Waals surface area contributed by atoms with Crippen LogP contribution in [0.2, 0.25) is 0 Å². The SMILES string of the molecule is CC1OC(C)C(C(=O)NCCCOCCCl)C1C. The summed E-state index contributed by atoms with van der Waals surface area (Å²) in [6.07, 6.45) is 0.972. The molecule has 0 spiro atoms. The highest BCUT2D eigenvalue weighted by Crippen LogP contribution is 2.32. The summed E-state index contributed by atoms with van der Waals surface area (Å²) in [5.74, 6) is 0.839. The number of hydrogen-bond acceptors (Lipinski definition) is 3. The van der Waals surface area contributed by atoms with Crippen LogP contribution in [0.25, 0.3) is 0 Å². The molecule has 106 valence electrons. The van der Waals surface area contributed by atoms with E-state index in [1.165, 1.54) is 0 Å². The van der Waals surface area contributed by atoms with Gasteiger partial charge in [-0.25, -0.2) is 0 Å². The van der Waals surface area contributed by atoms with Crippen molar-refractivity contribution in [2.45, 2.75) is 39.4 Å². The molecule has 1 rings (SSSR count). The lowest BCUT2D eigenvalue weighted by Crippen LogP contribution is -2.38. The molecule has 1 aliphatic heterocycles. The molecule has 4 unspecified atom stereocenters. The molecule has 0 bridgehead atoms. The van der Waals surface area contributed by atoms with Gasteiger partial charge in [-0.05, 0) is 26.2 Å². The number of ether oxygens (including phenoxy) is 2. The molecule has 5 heteroatoms. The van der Waals surface area contributed by atoms with E-state index in [2.05, 4.69) is 12.2 Å². The van der Waals surface area contributed by atoms with E-state index in [1.54, 1.807) is 0 Å². The van der Waals surface area contributed by atoms with Crippen molar-refractivity contribution in [3.63, 3.8) is 0 Å². The molecule has 0 aromatic carbocycles. The molecule has 4 atom stereocenters. The summed E-state index contributed by atoms with van der Waals surface area (Å²) in [4.78, 5) is 12.0. The van der Waals surface area contributed by atoms with E-state index in [0.29, 0.717) is 25.6 Å². The Kier molecular flexibility index (Phi) is 6.97. The van der Waals surface area contributed by atoms with Crippen LogP contribution in [0.3, 0.4) is 0 Å². The lowest BCUT2D eigenvalue weighted by Gasteiger charge is -2.17. The van der Waals surface area contributed by atoms with Gasteiger partial charge in [0.05, 0.1) is 24.7 Å². The summed E-state index contributed by atoms with van der Waals surface area (Å²) >= 11 is 5.49. The molecule has 1 aliphatic rings. The maximum atomic E-state index is 12.0. The molecule has 1 heterocycles. The smallest absolute Gasteiger partial charge is 0.226 e. The first kappa shape index (κ1) is 15.7. The maximum Gasteiger partial charge on any atom is 0.226 e. The molecule has 1 N–H and O–H groups in total. The standard InChI is InChI=1S/C13H24ClNO3/c1-9-10(2)18-11(3)12(9)13(16)15-6-4-7-17-8-5-14/h9-12H,4-8H2,1-3H3,(H,15,16). The van der Waals surface area contributed by atoms with E-state index in [0.717, 1.165) is 6.42 Å². The molecule has 0 aliphatic carbocycles. The van der Waals surface area contributed by atoms with Crippen LogP contribution in [-0.4, -0.2) is 43.8 Å². The van der Waals surface area contributed by atoms with Gasteiger partial charge in [-0.15, -0.1) is 11.6 Å². The third kappa shape index (κ3) is 4.41. The zero-order valence-corrected chi connectivity index (χ0v) is 12.2. The Morgan fingerprint density at radius 1 is 1.28 bits per heavy atom. The summed E-state index contributed by atoms with van der Waals surface area (Å²) < 4.78 is 10.9. The molecule has 0 saturated carbocycles. The lowest BCUT2D eigenvalue weighted by atomic mass is 9.89. The van der Waals surface area contributed by atoms with Crippen molar-refractivity contribution in [1.29, 1.82) is 0 Å². The van der Waals surface area contributed by atoms with Gasteiger partial charge in [-0.1, -0.05) is 6.92 Å². The first-order valence-electron chi connectivity index (χ1n) is 6.64. The van der Waals surface area contributed by atoms with Crippen LogP contribution in [0.5, 0.6) is 0 Å². The minimum atomic E-state index is -0.0382. The molecule has 4 nitrogen and oxygen atoms in total. The Labute approximate surface area is 114 Å². The normalized spacial score (nSPS) is 31.6. The van der Waals surface area contributed by atoms with Crippen LogP contribution in [-0.2, 0) is 14.3 Å². The third-order valence-electron chi connectivity index (χ3n) is 3.53. The Balaban J connectivity index is 2.20. The number of carbonyl (C=O) groups is 1. The van der Waals surface area contributed by atoms with Gasteiger partial charge in [0.2, 0.25) is 5.91 Å². The Morgan fingerprint density at radius 3 is 2.56 bits per heavy atom. The molecule has 1 fully saturated rings. The Hall–Kier alpha value is -0.320. The number of carbonyl (C=O) groups excluding carboxylic acids is 1. The molecule has 0 aromatic heterocycles. The second-order valence-corrected chi connectivity index (χ2v) is 5.26. The van der Waals surface area contributed by atoms with Gasteiger partial charge in [0.1, 0.15) is 0 Å². The number of nitrogens with one attached hydrogen (secondary N) is 1. The molecule has 1 amide bonds. The van der Waals surface area contributed by atoms with Crippen LogP contribution in [0.1, 0.15) is 27.2 Å². The fourth-order valence-electron chi connectivity index (χ4n) is 2.38. The zero-order chi connectivity index (χ0) is 13.5. The number of amides is 1. The van der Waals surface area contributed by atoms with Crippen molar-refractivity contribution in [1.82, 2.24) is 5.32 Å². The summed E-state index contributed by atoms with van der Waals surface area (Å²) in [6, 6.07) is 0. The third-order valence-corrected chi connectivity index (χ3v) is 3.69. The molecule has 0 aromatic rings. The van der Waals surface area contributed by atoms with Gasteiger partial charge in [-0.3, -0.25) is 4.79 Å². The average Bonchev–Trinajstić information content (AvgIpc) is 2.58. The largest absolute Gasteiger partial charge is 0.380 e. The van der Waals surface area contributed by atoms with Crippen LogP contribution in [0, 0.1) is 11.8 Å². The molecule has 0 radical (unpaired) electrons. The van der Waals surface area contributed by atoms with E-state index in [4.69, 9.17) is 21.1 Å². The van der Waals surface area contributed by atoms with E-state index in [-0.39, 0.29) is 30.0 Å². The number of alkyl halides is 1. The van der Waals surface area contributed by atoms with Crippen molar-refractivity contribution in [3.8, 4) is 0 Å². The Morgan fingerprint density at radius 2 is 2.00 bits per heavy atom. The fraction of sp³-hybridized carbons (Fsp3) is 0.923. The minimum absolute atomic E-state index is 0.00231.